The number of hydrogen-bond acceptors (Lipinski definition) is 4. The summed E-state index contributed by atoms with van der Waals surface area (Å²) in [6.45, 7) is 1.94. The highest BCUT2D eigenvalue weighted by atomic mass is 32.1. The average molecular weight is 185 g/mol. The second kappa shape index (κ2) is 4.18. The minimum absolute atomic E-state index is 0.138. The fourth-order valence-electron chi connectivity index (χ4n) is 0.830. The first-order chi connectivity index (χ1) is 5.72. The number of nitrogens with two attached hydrogens (primary N) is 1. The monoisotopic (exact) mass is 185 g/mol. The third kappa shape index (κ3) is 2.60. The van der Waals surface area contributed by atoms with E-state index in [-0.39, 0.29) is 5.91 Å². The van der Waals surface area contributed by atoms with Gasteiger partial charge < -0.3 is 0 Å². The molecule has 0 bridgehead atoms. The summed E-state index contributed by atoms with van der Waals surface area (Å²) < 4.78 is 0. The van der Waals surface area contributed by atoms with Crippen LogP contribution in [0, 0.1) is 6.92 Å². The third-order valence-corrected chi connectivity index (χ3v) is 2.40. The molecule has 1 aromatic heterocycles. The van der Waals surface area contributed by atoms with Gasteiger partial charge in [0.25, 0.3) is 0 Å². The van der Waals surface area contributed by atoms with Crippen LogP contribution >= 0.6 is 11.3 Å². The van der Waals surface area contributed by atoms with E-state index in [4.69, 9.17) is 5.84 Å². The number of thiazole rings is 1. The van der Waals surface area contributed by atoms with Gasteiger partial charge in [-0.05, 0) is 13.3 Å². The first kappa shape index (κ1) is 9.15. The average Bonchev–Trinajstić information content (AvgIpc) is 2.47. The van der Waals surface area contributed by atoms with Crippen LogP contribution in [0.5, 0.6) is 0 Å². The highest BCUT2D eigenvalue weighted by molar-refractivity contribution is 7.11. The number of hydrogen-bond donors (Lipinski definition) is 2. The maximum Gasteiger partial charge on any atom is 0.234 e. The number of carbonyl (C=O) groups excluding carboxylic acids is 1. The van der Waals surface area contributed by atoms with E-state index in [0.29, 0.717) is 12.8 Å². The van der Waals surface area contributed by atoms with Gasteiger partial charge in [-0.2, -0.15) is 0 Å². The second-order valence-electron chi connectivity index (χ2n) is 2.41. The summed E-state index contributed by atoms with van der Waals surface area (Å²) in [7, 11) is 0. The van der Waals surface area contributed by atoms with Crippen LogP contribution in [0.3, 0.4) is 0 Å². The van der Waals surface area contributed by atoms with Gasteiger partial charge in [-0.3, -0.25) is 10.2 Å². The molecular formula is C7H11N3OS. The number of rotatable bonds is 3. The molecule has 1 aromatic rings. The fraction of sp³-hybridized carbons (Fsp3) is 0.429. The van der Waals surface area contributed by atoms with Crippen molar-refractivity contribution < 1.29 is 4.79 Å². The Balaban J connectivity index is 2.38. The second-order valence-corrected chi connectivity index (χ2v) is 3.73. The lowest BCUT2D eigenvalue weighted by Gasteiger charge is -1.95. The predicted molar refractivity (Wildman–Crippen MR) is 47.5 cm³/mol. The van der Waals surface area contributed by atoms with Crippen LogP contribution in [0.4, 0.5) is 0 Å². The first-order valence-electron chi connectivity index (χ1n) is 3.63. The van der Waals surface area contributed by atoms with Gasteiger partial charge in [0.2, 0.25) is 5.91 Å². The largest absolute Gasteiger partial charge is 0.294 e. The maximum atomic E-state index is 10.7. The van der Waals surface area contributed by atoms with E-state index in [0.717, 1.165) is 9.88 Å². The summed E-state index contributed by atoms with van der Waals surface area (Å²) in [6, 6.07) is 0. The molecular weight excluding hydrogens is 174 g/mol. The molecule has 3 N–H and O–H groups in total. The van der Waals surface area contributed by atoms with Crippen LogP contribution in [0.15, 0.2) is 6.20 Å². The van der Waals surface area contributed by atoms with Crippen molar-refractivity contribution in [3.63, 3.8) is 0 Å². The molecule has 1 heterocycles. The first-order valence-corrected chi connectivity index (χ1v) is 4.45. The van der Waals surface area contributed by atoms with Crippen molar-refractivity contribution in [2.75, 3.05) is 0 Å². The minimum atomic E-state index is -0.138. The van der Waals surface area contributed by atoms with Crippen LogP contribution in [0.25, 0.3) is 0 Å². The zero-order valence-electron chi connectivity index (χ0n) is 6.83. The molecule has 0 fully saturated rings. The summed E-state index contributed by atoms with van der Waals surface area (Å²) in [6.07, 6.45) is 2.94. The Bertz CT molecular complexity index is 271. The summed E-state index contributed by atoms with van der Waals surface area (Å²) >= 11 is 1.61. The number of hydrazine groups is 1. The van der Waals surface area contributed by atoms with E-state index in [1.54, 1.807) is 17.5 Å². The lowest BCUT2D eigenvalue weighted by atomic mass is 10.3. The van der Waals surface area contributed by atoms with Gasteiger partial charge in [0.05, 0.1) is 5.01 Å². The minimum Gasteiger partial charge on any atom is -0.294 e. The molecule has 4 nitrogen and oxygen atoms in total. The smallest absolute Gasteiger partial charge is 0.234 e. The fourth-order valence-corrected chi connectivity index (χ4v) is 1.62. The number of carbonyl (C=O) groups is 1. The molecule has 0 radical (unpaired) electrons. The van der Waals surface area contributed by atoms with E-state index >= 15 is 0 Å². The normalized spacial score (nSPS) is 9.83. The number of nitrogens with one attached hydrogen (secondary N) is 1. The highest BCUT2D eigenvalue weighted by Gasteiger charge is 2.01. The molecule has 0 saturated heterocycles. The van der Waals surface area contributed by atoms with Crippen LogP contribution < -0.4 is 11.3 Å². The Kier molecular flexibility index (Phi) is 3.19. The molecule has 0 aliphatic carbocycles. The Hall–Kier alpha value is -0.940. The van der Waals surface area contributed by atoms with E-state index in [1.807, 2.05) is 6.92 Å². The van der Waals surface area contributed by atoms with Crippen molar-refractivity contribution in [1.82, 2.24) is 10.4 Å². The van der Waals surface area contributed by atoms with Gasteiger partial charge in [0.1, 0.15) is 0 Å². The topological polar surface area (TPSA) is 68.0 Å². The lowest BCUT2D eigenvalue weighted by molar-refractivity contribution is -0.121. The molecule has 0 unspecified atom stereocenters. The molecule has 1 rings (SSSR count). The van der Waals surface area contributed by atoms with Gasteiger partial charge in [-0.25, -0.2) is 10.8 Å². The number of nitrogens with zero attached hydrogens (tertiary/aromatic N) is 1. The van der Waals surface area contributed by atoms with Crippen molar-refractivity contribution in [2.24, 2.45) is 5.84 Å². The summed E-state index contributed by atoms with van der Waals surface area (Å²) in [5, 5.41) is 1.03. The number of aromatic nitrogens is 1. The Morgan fingerprint density at radius 3 is 3.08 bits per heavy atom. The van der Waals surface area contributed by atoms with Gasteiger partial charge in [-0.15, -0.1) is 11.3 Å². The molecule has 0 spiro atoms. The van der Waals surface area contributed by atoms with Crippen molar-refractivity contribution in [3.8, 4) is 0 Å². The molecule has 0 saturated carbocycles. The highest BCUT2D eigenvalue weighted by Crippen LogP contribution is 2.12. The molecule has 0 aromatic carbocycles. The Morgan fingerprint density at radius 2 is 2.58 bits per heavy atom. The quantitative estimate of drug-likeness (QED) is 0.406. The molecule has 0 atom stereocenters. The van der Waals surface area contributed by atoms with E-state index in [2.05, 4.69) is 10.4 Å². The van der Waals surface area contributed by atoms with Gasteiger partial charge >= 0.3 is 0 Å². The van der Waals surface area contributed by atoms with Crippen LogP contribution in [0.1, 0.15) is 16.3 Å². The lowest BCUT2D eigenvalue weighted by Crippen LogP contribution is -2.30. The molecule has 12 heavy (non-hydrogen) atoms. The standard InChI is InChI=1S/C7H11N3OS/c1-5-9-4-6(12-5)2-3-7(11)10-8/h4H,2-3,8H2,1H3,(H,10,11). The zero-order valence-corrected chi connectivity index (χ0v) is 7.65. The Morgan fingerprint density at radius 1 is 1.83 bits per heavy atom. The molecule has 0 aliphatic rings. The van der Waals surface area contributed by atoms with Gasteiger partial charge in [0, 0.05) is 17.5 Å². The number of amides is 1. The summed E-state index contributed by atoms with van der Waals surface area (Å²) in [4.78, 5) is 15.9. The van der Waals surface area contributed by atoms with Crippen molar-refractivity contribution >= 4 is 17.2 Å². The summed E-state index contributed by atoms with van der Waals surface area (Å²) in [5.74, 6) is 4.79. The predicted octanol–water partition coefficient (Wildman–Crippen LogP) is 0.374. The van der Waals surface area contributed by atoms with Crippen LogP contribution in [0.2, 0.25) is 0 Å². The molecule has 5 heteroatoms. The van der Waals surface area contributed by atoms with E-state index in [1.165, 1.54) is 0 Å². The van der Waals surface area contributed by atoms with Gasteiger partial charge in [0.15, 0.2) is 0 Å². The zero-order chi connectivity index (χ0) is 8.97. The summed E-state index contributed by atoms with van der Waals surface area (Å²) in [5.41, 5.74) is 2.09. The number of aryl methyl sites for hydroxylation is 2. The Labute approximate surface area is 74.8 Å². The van der Waals surface area contributed by atoms with Crippen LogP contribution in [-0.4, -0.2) is 10.9 Å². The van der Waals surface area contributed by atoms with Crippen molar-refractivity contribution in [2.45, 2.75) is 19.8 Å². The van der Waals surface area contributed by atoms with E-state index in [9.17, 15) is 4.79 Å². The third-order valence-electron chi connectivity index (χ3n) is 1.43. The molecule has 66 valence electrons. The van der Waals surface area contributed by atoms with E-state index < -0.39 is 0 Å². The van der Waals surface area contributed by atoms with Crippen molar-refractivity contribution in [3.05, 3.63) is 16.1 Å². The van der Waals surface area contributed by atoms with Crippen LogP contribution in [-0.2, 0) is 11.2 Å². The molecule has 0 aliphatic heterocycles. The van der Waals surface area contributed by atoms with Crippen molar-refractivity contribution in [1.29, 1.82) is 0 Å². The SMILES string of the molecule is Cc1ncc(CCC(=O)NN)s1. The van der Waals surface area contributed by atoms with Gasteiger partial charge in [-0.1, -0.05) is 0 Å². The molecule has 1 amide bonds. The maximum absolute atomic E-state index is 10.7.